The number of nitrogens with one attached hydrogen (secondary N) is 1. The molecule has 0 atom stereocenters. The van der Waals surface area contributed by atoms with Gasteiger partial charge in [0.25, 0.3) is 0 Å². The maximum atomic E-state index is 13.1. The van der Waals surface area contributed by atoms with Crippen LogP contribution in [0.25, 0.3) is 0 Å². The van der Waals surface area contributed by atoms with Gasteiger partial charge in [-0.25, -0.2) is 0 Å². The number of carbonyl (C=O) groups is 1. The van der Waals surface area contributed by atoms with Gasteiger partial charge in [-0.2, -0.15) is 0 Å². The smallest absolute Gasteiger partial charge is 0.230 e. The van der Waals surface area contributed by atoms with E-state index in [1.54, 1.807) is 14.2 Å². The van der Waals surface area contributed by atoms with E-state index in [2.05, 4.69) is 5.32 Å². The van der Waals surface area contributed by atoms with Crippen molar-refractivity contribution in [2.24, 2.45) is 0 Å². The van der Waals surface area contributed by atoms with E-state index >= 15 is 0 Å². The summed E-state index contributed by atoms with van der Waals surface area (Å²) < 4.78 is 10.7. The fourth-order valence-electron chi connectivity index (χ4n) is 3.14. The molecule has 4 nitrogen and oxygen atoms in total. The summed E-state index contributed by atoms with van der Waals surface area (Å²) in [6.07, 6.45) is 1.86. The Morgan fingerprint density at radius 2 is 1.64 bits per heavy atom. The molecule has 1 aliphatic rings. The standard InChI is InChI=1S/C21H25NO3/c1-20(2,15-9-11-16(24-3)12-10-15)19(23)22-21(13-14-21)17-7-5-6-8-18(17)25-4/h5-12H,13-14H2,1-4H3,(H,22,23). The highest BCUT2D eigenvalue weighted by Gasteiger charge is 2.49. The van der Waals surface area contributed by atoms with Crippen LogP contribution in [0.5, 0.6) is 11.5 Å². The monoisotopic (exact) mass is 339 g/mol. The first-order valence-corrected chi connectivity index (χ1v) is 8.53. The normalized spacial score (nSPS) is 15.4. The van der Waals surface area contributed by atoms with E-state index in [0.717, 1.165) is 35.5 Å². The van der Waals surface area contributed by atoms with Crippen LogP contribution < -0.4 is 14.8 Å². The second-order valence-electron chi connectivity index (χ2n) is 7.09. The van der Waals surface area contributed by atoms with Gasteiger partial charge in [0.15, 0.2) is 0 Å². The van der Waals surface area contributed by atoms with Gasteiger partial charge >= 0.3 is 0 Å². The quantitative estimate of drug-likeness (QED) is 0.871. The van der Waals surface area contributed by atoms with Crippen LogP contribution >= 0.6 is 0 Å². The summed E-state index contributed by atoms with van der Waals surface area (Å²) in [6, 6.07) is 15.6. The Bertz CT molecular complexity index is 761. The van der Waals surface area contributed by atoms with Crippen LogP contribution in [0.3, 0.4) is 0 Å². The highest BCUT2D eigenvalue weighted by atomic mass is 16.5. The number of methoxy groups -OCH3 is 2. The highest BCUT2D eigenvalue weighted by molar-refractivity contribution is 5.88. The average molecular weight is 339 g/mol. The predicted molar refractivity (Wildman–Crippen MR) is 98.1 cm³/mol. The lowest BCUT2D eigenvalue weighted by Gasteiger charge is -2.29. The molecule has 1 fully saturated rings. The molecular formula is C21H25NO3. The van der Waals surface area contributed by atoms with Gasteiger partial charge < -0.3 is 14.8 Å². The van der Waals surface area contributed by atoms with Crippen molar-refractivity contribution in [3.63, 3.8) is 0 Å². The van der Waals surface area contributed by atoms with Crippen molar-refractivity contribution >= 4 is 5.91 Å². The number of carbonyl (C=O) groups excluding carboxylic acids is 1. The van der Waals surface area contributed by atoms with Gasteiger partial charge in [0.05, 0.1) is 25.2 Å². The van der Waals surface area contributed by atoms with Crippen LogP contribution in [0, 0.1) is 0 Å². The van der Waals surface area contributed by atoms with E-state index in [9.17, 15) is 4.79 Å². The van der Waals surface area contributed by atoms with Crippen molar-refractivity contribution in [2.75, 3.05) is 14.2 Å². The Morgan fingerprint density at radius 3 is 2.20 bits per heavy atom. The van der Waals surface area contributed by atoms with Crippen molar-refractivity contribution in [1.29, 1.82) is 0 Å². The number of para-hydroxylation sites is 1. The number of ether oxygens (including phenoxy) is 2. The van der Waals surface area contributed by atoms with Crippen molar-refractivity contribution in [3.8, 4) is 11.5 Å². The number of benzene rings is 2. The molecule has 0 bridgehead atoms. The minimum Gasteiger partial charge on any atom is -0.497 e. The molecule has 25 heavy (non-hydrogen) atoms. The Labute approximate surface area is 149 Å². The van der Waals surface area contributed by atoms with Crippen molar-refractivity contribution in [3.05, 3.63) is 59.7 Å². The first-order chi connectivity index (χ1) is 11.9. The molecule has 0 spiro atoms. The van der Waals surface area contributed by atoms with Crippen LogP contribution in [0.15, 0.2) is 48.5 Å². The Balaban J connectivity index is 1.83. The van der Waals surface area contributed by atoms with Crippen LogP contribution in [-0.4, -0.2) is 20.1 Å². The Morgan fingerprint density at radius 1 is 1.00 bits per heavy atom. The molecule has 1 aliphatic carbocycles. The third-order valence-electron chi connectivity index (χ3n) is 5.10. The zero-order chi connectivity index (χ0) is 18.1. The highest BCUT2D eigenvalue weighted by Crippen LogP contribution is 2.49. The van der Waals surface area contributed by atoms with Gasteiger partial charge in [-0.3, -0.25) is 4.79 Å². The fraction of sp³-hybridized carbons (Fsp3) is 0.381. The maximum absolute atomic E-state index is 13.1. The summed E-state index contributed by atoms with van der Waals surface area (Å²) in [6.45, 7) is 3.89. The summed E-state index contributed by atoms with van der Waals surface area (Å²) in [7, 11) is 3.30. The van der Waals surface area contributed by atoms with E-state index in [1.165, 1.54) is 0 Å². The lowest BCUT2D eigenvalue weighted by Crippen LogP contribution is -2.45. The first-order valence-electron chi connectivity index (χ1n) is 8.53. The van der Waals surface area contributed by atoms with Crippen molar-refractivity contribution < 1.29 is 14.3 Å². The molecule has 1 saturated carbocycles. The third-order valence-corrected chi connectivity index (χ3v) is 5.10. The molecule has 2 aromatic rings. The molecule has 4 heteroatoms. The lowest BCUT2D eigenvalue weighted by atomic mass is 9.83. The number of hydrogen-bond acceptors (Lipinski definition) is 3. The second-order valence-corrected chi connectivity index (χ2v) is 7.09. The molecular weight excluding hydrogens is 314 g/mol. The molecule has 2 aromatic carbocycles. The van der Waals surface area contributed by atoms with E-state index in [0.29, 0.717) is 0 Å². The molecule has 3 rings (SSSR count). The largest absolute Gasteiger partial charge is 0.497 e. The first kappa shape index (κ1) is 17.3. The minimum absolute atomic E-state index is 0.0149. The molecule has 0 saturated heterocycles. The average Bonchev–Trinajstić information content (AvgIpc) is 3.42. The Kier molecular flexibility index (Phi) is 4.46. The van der Waals surface area contributed by atoms with E-state index in [4.69, 9.17) is 9.47 Å². The van der Waals surface area contributed by atoms with E-state index in [1.807, 2.05) is 62.4 Å². The molecule has 1 N–H and O–H groups in total. The van der Waals surface area contributed by atoms with Gasteiger partial charge in [-0.05, 0) is 50.5 Å². The summed E-state index contributed by atoms with van der Waals surface area (Å²) in [5.74, 6) is 1.62. The lowest BCUT2D eigenvalue weighted by molar-refractivity contribution is -0.126. The van der Waals surface area contributed by atoms with Gasteiger partial charge in [0.2, 0.25) is 5.91 Å². The summed E-state index contributed by atoms with van der Waals surface area (Å²) in [4.78, 5) is 13.1. The molecule has 0 heterocycles. The summed E-state index contributed by atoms with van der Waals surface area (Å²) in [5, 5.41) is 3.28. The number of amides is 1. The summed E-state index contributed by atoms with van der Waals surface area (Å²) in [5.41, 5.74) is 1.06. The van der Waals surface area contributed by atoms with Crippen molar-refractivity contribution in [1.82, 2.24) is 5.32 Å². The second kappa shape index (κ2) is 6.43. The number of hydrogen-bond donors (Lipinski definition) is 1. The van der Waals surface area contributed by atoms with E-state index < -0.39 is 5.41 Å². The number of rotatable bonds is 6. The zero-order valence-corrected chi connectivity index (χ0v) is 15.3. The van der Waals surface area contributed by atoms with E-state index in [-0.39, 0.29) is 11.4 Å². The summed E-state index contributed by atoms with van der Waals surface area (Å²) >= 11 is 0. The Hall–Kier alpha value is -2.49. The third kappa shape index (κ3) is 3.21. The molecule has 1 amide bonds. The molecule has 0 unspecified atom stereocenters. The van der Waals surface area contributed by atoms with Gasteiger partial charge in [0, 0.05) is 5.56 Å². The zero-order valence-electron chi connectivity index (χ0n) is 15.3. The van der Waals surface area contributed by atoms with Crippen LogP contribution in [0.2, 0.25) is 0 Å². The predicted octanol–water partition coefficient (Wildman–Crippen LogP) is 3.79. The maximum Gasteiger partial charge on any atom is 0.230 e. The minimum atomic E-state index is -0.635. The van der Waals surface area contributed by atoms with Gasteiger partial charge in [0.1, 0.15) is 11.5 Å². The molecule has 0 aromatic heterocycles. The fourth-order valence-corrected chi connectivity index (χ4v) is 3.14. The molecule has 0 aliphatic heterocycles. The van der Waals surface area contributed by atoms with Gasteiger partial charge in [-0.1, -0.05) is 30.3 Å². The van der Waals surface area contributed by atoms with Crippen LogP contribution in [0.1, 0.15) is 37.8 Å². The molecule has 132 valence electrons. The van der Waals surface area contributed by atoms with Gasteiger partial charge in [-0.15, -0.1) is 0 Å². The SMILES string of the molecule is COc1ccc(C(C)(C)C(=O)NC2(c3ccccc3OC)CC2)cc1. The van der Waals surface area contributed by atoms with Crippen LogP contribution in [-0.2, 0) is 15.7 Å². The van der Waals surface area contributed by atoms with Crippen LogP contribution in [0.4, 0.5) is 0 Å². The topological polar surface area (TPSA) is 47.6 Å². The van der Waals surface area contributed by atoms with Crippen molar-refractivity contribution in [2.45, 2.75) is 37.6 Å². The molecule has 0 radical (unpaired) electrons.